The van der Waals surface area contributed by atoms with Crippen molar-refractivity contribution >= 4 is 17.4 Å². The molecule has 0 saturated carbocycles. The molecule has 0 unspecified atom stereocenters. The van der Waals surface area contributed by atoms with Crippen molar-refractivity contribution in [3.05, 3.63) is 51.9 Å². The zero-order valence-electron chi connectivity index (χ0n) is 16.8. The first-order valence-electron chi connectivity index (χ1n) is 9.67. The Balaban J connectivity index is 1.33. The molecule has 0 bridgehead atoms. The molecule has 1 aliphatic heterocycles. The predicted octanol–water partition coefficient (Wildman–Crippen LogP) is 0.722. The van der Waals surface area contributed by atoms with Crippen molar-refractivity contribution in [2.45, 2.75) is 6.42 Å². The highest BCUT2D eigenvalue weighted by Gasteiger charge is 2.21. The van der Waals surface area contributed by atoms with Gasteiger partial charge in [0.25, 0.3) is 11.2 Å². The maximum absolute atomic E-state index is 12.4. The summed E-state index contributed by atoms with van der Waals surface area (Å²) in [6, 6.07) is 5.59. The van der Waals surface area contributed by atoms with Gasteiger partial charge in [-0.3, -0.25) is 14.7 Å². The predicted molar refractivity (Wildman–Crippen MR) is 110 cm³/mol. The van der Waals surface area contributed by atoms with Gasteiger partial charge in [-0.1, -0.05) is 0 Å². The van der Waals surface area contributed by atoms with E-state index < -0.39 is 5.56 Å². The number of amides is 1. The van der Waals surface area contributed by atoms with Crippen molar-refractivity contribution in [1.29, 1.82) is 5.26 Å². The molecule has 0 radical (unpaired) electrons. The van der Waals surface area contributed by atoms with Crippen LogP contribution >= 0.6 is 0 Å². The Morgan fingerprint density at radius 2 is 2.03 bits per heavy atom. The Kier molecular flexibility index (Phi) is 7.51. The number of carbonyl (C=O) groups excluding carboxylic acids is 1. The van der Waals surface area contributed by atoms with E-state index in [0.717, 1.165) is 5.82 Å². The molecule has 0 atom stereocenters. The summed E-state index contributed by atoms with van der Waals surface area (Å²) in [5.41, 5.74) is -0.238. The number of ether oxygens (including phenoxy) is 2. The van der Waals surface area contributed by atoms with Gasteiger partial charge in [0, 0.05) is 32.4 Å². The van der Waals surface area contributed by atoms with E-state index in [-0.39, 0.29) is 43.6 Å². The average Bonchev–Trinajstić information content (AvgIpc) is 2.81. The van der Waals surface area contributed by atoms with E-state index in [1.807, 2.05) is 12.1 Å². The lowest BCUT2D eigenvalue weighted by atomic mass is 10.2. The number of pyridine rings is 1. The van der Waals surface area contributed by atoms with E-state index in [1.165, 1.54) is 6.20 Å². The van der Waals surface area contributed by atoms with Crippen LogP contribution in [0.15, 0.2) is 29.3 Å². The van der Waals surface area contributed by atoms with Crippen LogP contribution in [0.4, 0.5) is 11.5 Å². The van der Waals surface area contributed by atoms with Crippen LogP contribution in [0.3, 0.4) is 0 Å². The van der Waals surface area contributed by atoms with Crippen molar-refractivity contribution < 1.29 is 14.3 Å². The number of hydrogen-bond donors (Lipinski definition) is 1. The minimum atomic E-state index is -0.603. The molecule has 0 aliphatic carbocycles. The Morgan fingerprint density at radius 1 is 1.23 bits per heavy atom. The van der Waals surface area contributed by atoms with Gasteiger partial charge in [-0.15, -0.1) is 0 Å². The number of carbonyl (C=O) groups is 1. The topological polar surface area (TPSA) is 129 Å². The third kappa shape index (κ3) is 5.78. The van der Waals surface area contributed by atoms with Gasteiger partial charge in [0.15, 0.2) is 5.75 Å². The van der Waals surface area contributed by atoms with Gasteiger partial charge in [0.05, 0.1) is 38.0 Å². The van der Waals surface area contributed by atoms with E-state index >= 15 is 0 Å². The number of nitrogens with zero attached hydrogens (tertiary/aromatic N) is 6. The van der Waals surface area contributed by atoms with E-state index in [0.29, 0.717) is 31.7 Å². The van der Waals surface area contributed by atoms with Gasteiger partial charge in [-0.05, 0) is 12.1 Å². The quantitative estimate of drug-likeness (QED) is 0.486. The summed E-state index contributed by atoms with van der Waals surface area (Å²) >= 11 is 0. The number of piperazine rings is 1. The maximum atomic E-state index is 12.4. The molecule has 0 aromatic carbocycles. The summed E-state index contributed by atoms with van der Waals surface area (Å²) in [4.78, 5) is 35.1. The normalized spacial score (nSPS) is 13.4. The third-order valence-corrected chi connectivity index (χ3v) is 4.69. The Bertz CT molecular complexity index is 1030. The summed E-state index contributed by atoms with van der Waals surface area (Å²) in [6.07, 6.45) is 3.07. The van der Waals surface area contributed by atoms with Crippen LogP contribution < -0.4 is 15.2 Å². The number of hydrogen-bond acceptors (Lipinski definition) is 8. The molecular weight excluding hydrogens is 402 g/mol. The minimum Gasteiger partial charge on any atom is -0.500 e. The standard InChI is InChI=1S/C20H21N7O4/c1-22-19-16(14-24-25-20(19)29)31-11-10-30-9-4-18(28)27-7-5-26(6-8-27)17-3-2-15(12-21)13-23-17/h2-3,13-14H,4-11H2,(H,25,29). The highest BCUT2D eigenvalue weighted by atomic mass is 16.5. The lowest BCUT2D eigenvalue weighted by Crippen LogP contribution is -2.49. The second kappa shape index (κ2) is 10.7. The molecule has 31 heavy (non-hydrogen) atoms. The minimum absolute atomic E-state index is 0.0161. The number of aromatic amines is 1. The van der Waals surface area contributed by atoms with E-state index in [1.54, 1.807) is 17.2 Å². The molecular formula is C20H21N7O4. The molecule has 2 aromatic rings. The molecule has 11 heteroatoms. The fourth-order valence-corrected chi connectivity index (χ4v) is 3.04. The molecule has 1 amide bonds. The maximum Gasteiger partial charge on any atom is 0.294 e. The Hall–Kier alpha value is -3.96. The average molecular weight is 423 g/mol. The summed E-state index contributed by atoms with van der Waals surface area (Å²) in [7, 11) is 0. The Labute approximate surface area is 178 Å². The van der Waals surface area contributed by atoms with Gasteiger partial charge in [0.1, 0.15) is 18.5 Å². The van der Waals surface area contributed by atoms with Crippen molar-refractivity contribution in [1.82, 2.24) is 20.1 Å². The second-order valence-corrected chi connectivity index (χ2v) is 6.62. The molecule has 1 saturated heterocycles. The molecule has 11 nitrogen and oxygen atoms in total. The summed E-state index contributed by atoms with van der Waals surface area (Å²) in [5, 5.41) is 14.6. The summed E-state index contributed by atoms with van der Waals surface area (Å²) < 4.78 is 10.8. The van der Waals surface area contributed by atoms with Crippen molar-refractivity contribution in [3.8, 4) is 11.8 Å². The molecule has 160 valence electrons. The smallest absolute Gasteiger partial charge is 0.294 e. The van der Waals surface area contributed by atoms with Gasteiger partial charge in [-0.25, -0.2) is 9.83 Å². The van der Waals surface area contributed by atoms with Gasteiger partial charge in [0.2, 0.25) is 5.91 Å². The number of nitrogens with one attached hydrogen (secondary N) is 1. The molecule has 1 N–H and O–H groups in total. The van der Waals surface area contributed by atoms with Crippen LogP contribution in [-0.4, -0.2) is 72.0 Å². The third-order valence-electron chi connectivity index (χ3n) is 4.69. The van der Waals surface area contributed by atoms with E-state index in [2.05, 4.69) is 24.9 Å². The van der Waals surface area contributed by atoms with Crippen LogP contribution in [-0.2, 0) is 9.53 Å². The van der Waals surface area contributed by atoms with Crippen molar-refractivity contribution in [2.75, 3.05) is 50.9 Å². The molecule has 2 aromatic heterocycles. The molecule has 0 spiro atoms. The fourth-order valence-electron chi connectivity index (χ4n) is 3.04. The number of nitriles is 1. The first kappa shape index (κ1) is 21.7. The van der Waals surface area contributed by atoms with E-state index in [4.69, 9.17) is 21.3 Å². The van der Waals surface area contributed by atoms with Crippen LogP contribution in [0.1, 0.15) is 12.0 Å². The monoisotopic (exact) mass is 423 g/mol. The number of rotatable bonds is 8. The van der Waals surface area contributed by atoms with Gasteiger partial charge in [-0.2, -0.15) is 10.4 Å². The highest BCUT2D eigenvalue weighted by Crippen LogP contribution is 2.20. The zero-order valence-corrected chi connectivity index (χ0v) is 16.8. The largest absolute Gasteiger partial charge is 0.500 e. The van der Waals surface area contributed by atoms with Gasteiger partial charge < -0.3 is 19.3 Å². The zero-order chi connectivity index (χ0) is 22.1. The fraction of sp³-hybridized carbons (Fsp3) is 0.400. The molecule has 1 aliphatic rings. The number of anilines is 1. The first-order valence-corrected chi connectivity index (χ1v) is 9.67. The van der Waals surface area contributed by atoms with Crippen LogP contribution in [0, 0.1) is 17.9 Å². The SMILES string of the molecule is [C-]#[N+]c1c(OCCOCCC(=O)N2CCN(c3ccc(C#N)cn3)CC2)cn[nH]c1=O. The van der Waals surface area contributed by atoms with Crippen LogP contribution in [0.5, 0.6) is 5.75 Å². The number of aromatic nitrogens is 3. The molecule has 3 rings (SSSR count). The van der Waals surface area contributed by atoms with Crippen molar-refractivity contribution in [2.24, 2.45) is 0 Å². The first-order chi connectivity index (χ1) is 15.1. The van der Waals surface area contributed by atoms with Crippen molar-refractivity contribution in [3.63, 3.8) is 0 Å². The second-order valence-electron chi connectivity index (χ2n) is 6.62. The van der Waals surface area contributed by atoms with Crippen LogP contribution in [0.2, 0.25) is 0 Å². The van der Waals surface area contributed by atoms with Crippen LogP contribution in [0.25, 0.3) is 4.85 Å². The lowest BCUT2D eigenvalue weighted by Gasteiger charge is -2.35. The lowest BCUT2D eigenvalue weighted by molar-refractivity contribution is -0.132. The highest BCUT2D eigenvalue weighted by molar-refractivity contribution is 5.76. The summed E-state index contributed by atoms with van der Waals surface area (Å²) in [5.74, 6) is 0.918. The summed E-state index contributed by atoms with van der Waals surface area (Å²) in [6.45, 7) is 10.1. The Morgan fingerprint density at radius 3 is 2.71 bits per heavy atom. The van der Waals surface area contributed by atoms with E-state index in [9.17, 15) is 9.59 Å². The van der Waals surface area contributed by atoms with Gasteiger partial charge >= 0.3 is 0 Å². The number of H-pyrrole nitrogens is 1. The molecule has 3 heterocycles. The molecule has 1 fully saturated rings.